The topological polar surface area (TPSA) is 59.2 Å². The molecule has 5 heteroatoms. The third kappa shape index (κ3) is 2.84. The molecule has 2 aromatic rings. The van der Waals surface area contributed by atoms with Gasteiger partial charge in [-0.15, -0.1) is 11.3 Å². The smallest absolute Gasteiger partial charge is 0.266 e. The van der Waals surface area contributed by atoms with E-state index < -0.39 is 0 Å². The summed E-state index contributed by atoms with van der Waals surface area (Å²) in [5, 5.41) is 0.923. The zero-order valence-corrected chi connectivity index (χ0v) is 12.9. The van der Waals surface area contributed by atoms with Gasteiger partial charge in [0.25, 0.3) is 5.91 Å². The number of nitrogens with two attached hydrogens (primary N) is 1. The van der Waals surface area contributed by atoms with Crippen LogP contribution in [0.4, 0.5) is 0 Å². The number of carbonyl (C=O) groups is 1. The van der Waals surface area contributed by atoms with Crippen molar-refractivity contribution in [3.63, 3.8) is 0 Å². The molecule has 4 nitrogen and oxygen atoms in total. The van der Waals surface area contributed by atoms with Crippen molar-refractivity contribution >= 4 is 17.2 Å². The average molecular weight is 301 g/mol. The number of likely N-dealkylation sites (tertiary alicyclic amines) is 1. The van der Waals surface area contributed by atoms with Gasteiger partial charge in [-0.25, -0.2) is 4.98 Å². The largest absolute Gasteiger partial charge is 0.338 e. The van der Waals surface area contributed by atoms with Gasteiger partial charge in [-0.1, -0.05) is 30.3 Å². The lowest BCUT2D eigenvalue weighted by atomic mass is 10.1. The van der Waals surface area contributed by atoms with Crippen molar-refractivity contribution in [3.8, 4) is 11.3 Å². The van der Waals surface area contributed by atoms with Gasteiger partial charge < -0.3 is 10.6 Å². The number of aryl methyl sites for hydroxylation is 1. The van der Waals surface area contributed by atoms with Gasteiger partial charge in [0.15, 0.2) is 0 Å². The van der Waals surface area contributed by atoms with Crippen LogP contribution < -0.4 is 5.73 Å². The highest BCUT2D eigenvalue weighted by molar-refractivity contribution is 7.14. The molecule has 1 saturated heterocycles. The molecule has 1 amide bonds. The third-order valence-corrected chi connectivity index (χ3v) is 4.84. The maximum atomic E-state index is 12.8. The highest BCUT2D eigenvalue weighted by Crippen LogP contribution is 2.30. The molecule has 1 aliphatic rings. The van der Waals surface area contributed by atoms with Crippen molar-refractivity contribution in [2.45, 2.75) is 13.3 Å². The van der Waals surface area contributed by atoms with Crippen molar-refractivity contribution in [2.24, 2.45) is 11.7 Å². The minimum absolute atomic E-state index is 0.0930. The van der Waals surface area contributed by atoms with Crippen LogP contribution in [0.2, 0.25) is 0 Å². The fourth-order valence-electron chi connectivity index (χ4n) is 2.72. The molecule has 1 aliphatic heterocycles. The first-order valence-electron chi connectivity index (χ1n) is 7.21. The van der Waals surface area contributed by atoms with Crippen LogP contribution in [-0.4, -0.2) is 35.4 Å². The van der Waals surface area contributed by atoms with Crippen LogP contribution in [0.15, 0.2) is 30.3 Å². The molecule has 1 aromatic carbocycles. The third-order valence-electron chi connectivity index (χ3n) is 3.88. The van der Waals surface area contributed by atoms with Gasteiger partial charge in [0.05, 0.1) is 10.7 Å². The lowest BCUT2D eigenvalue weighted by Gasteiger charge is -2.15. The number of carbonyl (C=O) groups excluding carboxylic acids is 1. The van der Waals surface area contributed by atoms with E-state index in [0.717, 1.165) is 40.7 Å². The number of thiazole rings is 1. The maximum absolute atomic E-state index is 12.8. The van der Waals surface area contributed by atoms with Gasteiger partial charge in [0.2, 0.25) is 0 Å². The lowest BCUT2D eigenvalue weighted by molar-refractivity contribution is 0.0793. The van der Waals surface area contributed by atoms with E-state index in [2.05, 4.69) is 4.98 Å². The Labute approximate surface area is 128 Å². The van der Waals surface area contributed by atoms with Crippen molar-refractivity contribution in [2.75, 3.05) is 19.6 Å². The summed E-state index contributed by atoms with van der Waals surface area (Å²) in [4.78, 5) is 20.0. The fraction of sp³-hybridized carbons (Fsp3) is 0.375. The highest BCUT2D eigenvalue weighted by Gasteiger charge is 2.29. The van der Waals surface area contributed by atoms with Gasteiger partial charge >= 0.3 is 0 Å². The van der Waals surface area contributed by atoms with Gasteiger partial charge in [0, 0.05) is 18.7 Å². The molecule has 1 aromatic heterocycles. The quantitative estimate of drug-likeness (QED) is 0.947. The highest BCUT2D eigenvalue weighted by atomic mass is 32.1. The standard InChI is InChI=1S/C16H19N3OS/c1-11-18-14(13-5-3-2-4-6-13)15(21-11)16(20)19-8-7-12(9-17)10-19/h2-6,12H,7-10,17H2,1H3. The second-order valence-electron chi connectivity index (χ2n) is 5.42. The second kappa shape index (κ2) is 5.95. The van der Waals surface area contributed by atoms with Crippen molar-refractivity contribution in [1.29, 1.82) is 0 Å². The molecule has 0 aliphatic carbocycles. The Morgan fingerprint density at radius 3 is 2.86 bits per heavy atom. The molecule has 0 radical (unpaired) electrons. The Morgan fingerprint density at radius 2 is 2.19 bits per heavy atom. The van der Waals surface area contributed by atoms with E-state index in [1.807, 2.05) is 42.2 Å². The van der Waals surface area contributed by atoms with E-state index in [1.165, 1.54) is 11.3 Å². The molecule has 110 valence electrons. The minimum Gasteiger partial charge on any atom is -0.338 e. The summed E-state index contributed by atoms with van der Waals surface area (Å²) in [6, 6.07) is 9.91. The predicted molar refractivity (Wildman–Crippen MR) is 85.4 cm³/mol. The van der Waals surface area contributed by atoms with E-state index in [0.29, 0.717) is 12.5 Å². The van der Waals surface area contributed by atoms with E-state index in [9.17, 15) is 4.79 Å². The van der Waals surface area contributed by atoms with Crippen LogP contribution in [0, 0.1) is 12.8 Å². The first kappa shape index (κ1) is 14.2. The Kier molecular flexibility index (Phi) is 4.03. The van der Waals surface area contributed by atoms with Crippen LogP contribution in [0.3, 0.4) is 0 Å². The van der Waals surface area contributed by atoms with Crippen LogP contribution in [-0.2, 0) is 0 Å². The molecule has 0 saturated carbocycles. The van der Waals surface area contributed by atoms with Crippen LogP contribution in [0.25, 0.3) is 11.3 Å². The van der Waals surface area contributed by atoms with E-state index in [-0.39, 0.29) is 5.91 Å². The number of nitrogens with zero attached hydrogens (tertiary/aromatic N) is 2. The van der Waals surface area contributed by atoms with E-state index in [1.54, 1.807) is 0 Å². The van der Waals surface area contributed by atoms with Gasteiger partial charge in [-0.05, 0) is 25.8 Å². The van der Waals surface area contributed by atoms with Gasteiger partial charge in [-0.3, -0.25) is 4.79 Å². The summed E-state index contributed by atoms with van der Waals surface area (Å²) in [5.41, 5.74) is 7.52. The molecule has 2 N–H and O–H groups in total. The first-order chi connectivity index (χ1) is 10.2. The molecule has 1 unspecified atom stereocenters. The summed E-state index contributed by atoms with van der Waals surface area (Å²) < 4.78 is 0. The molecule has 3 rings (SSSR count). The number of hydrogen-bond donors (Lipinski definition) is 1. The number of amides is 1. The van der Waals surface area contributed by atoms with Gasteiger partial charge in [0.1, 0.15) is 4.88 Å². The van der Waals surface area contributed by atoms with Crippen LogP contribution in [0.1, 0.15) is 21.1 Å². The van der Waals surface area contributed by atoms with E-state index >= 15 is 0 Å². The molecular formula is C16H19N3OS. The SMILES string of the molecule is Cc1nc(-c2ccccc2)c(C(=O)N2CCC(CN)C2)s1. The first-order valence-corrected chi connectivity index (χ1v) is 8.03. The molecule has 1 fully saturated rings. The Morgan fingerprint density at radius 1 is 1.43 bits per heavy atom. The molecule has 0 spiro atoms. The monoisotopic (exact) mass is 301 g/mol. The summed E-state index contributed by atoms with van der Waals surface area (Å²) in [6.07, 6.45) is 1.00. The zero-order chi connectivity index (χ0) is 14.8. The molecule has 2 heterocycles. The lowest BCUT2D eigenvalue weighted by Crippen LogP contribution is -2.29. The van der Waals surface area contributed by atoms with Crippen molar-refractivity contribution < 1.29 is 4.79 Å². The average Bonchev–Trinajstić information content (AvgIpc) is 3.14. The molecular weight excluding hydrogens is 282 g/mol. The fourth-order valence-corrected chi connectivity index (χ4v) is 3.63. The van der Waals surface area contributed by atoms with Gasteiger partial charge in [-0.2, -0.15) is 0 Å². The number of hydrogen-bond acceptors (Lipinski definition) is 4. The van der Waals surface area contributed by atoms with Crippen molar-refractivity contribution in [1.82, 2.24) is 9.88 Å². The normalized spacial score (nSPS) is 18.2. The molecule has 1 atom stereocenters. The summed E-state index contributed by atoms with van der Waals surface area (Å²) in [6.45, 7) is 4.16. The number of rotatable bonds is 3. The van der Waals surface area contributed by atoms with Crippen LogP contribution in [0.5, 0.6) is 0 Å². The number of benzene rings is 1. The maximum Gasteiger partial charge on any atom is 0.266 e. The van der Waals surface area contributed by atoms with Crippen LogP contribution >= 0.6 is 11.3 Å². The summed E-state index contributed by atoms with van der Waals surface area (Å²) in [5.74, 6) is 0.526. The van der Waals surface area contributed by atoms with Crippen molar-refractivity contribution in [3.05, 3.63) is 40.2 Å². The molecule has 21 heavy (non-hydrogen) atoms. The Hall–Kier alpha value is -1.72. The van der Waals surface area contributed by atoms with E-state index in [4.69, 9.17) is 5.73 Å². The molecule has 0 bridgehead atoms. The number of aromatic nitrogens is 1. The summed E-state index contributed by atoms with van der Waals surface area (Å²) in [7, 11) is 0. The Balaban J connectivity index is 1.91. The zero-order valence-electron chi connectivity index (χ0n) is 12.1. The second-order valence-corrected chi connectivity index (χ2v) is 6.62. The summed E-state index contributed by atoms with van der Waals surface area (Å²) >= 11 is 1.48. The minimum atomic E-state index is 0.0930. The Bertz CT molecular complexity index is 638. The predicted octanol–water partition coefficient (Wildman–Crippen LogP) is 2.54.